The summed E-state index contributed by atoms with van der Waals surface area (Å²) in [7, 11) is 1.37. The molecule has 5 nitrogen and oxygen atoms in total. The highest BCUT2D eigenvalue weighted by Crippen LogP contribution is 2.29. The van der Waals surface area contributed by atoms with E-state index in [0.29, 0.717) is 6.07 Å². The number of carboxylic acids is 1. The van der Waals surface area contributed by atoms with Gasteiger partial charge < -0.3 is 15.2 Å². The summed E-state index contributed by atoms with van der Waals surface area (Å²) in [6, 6.07) is 2.54. The van der Waals surface area contributed by atoms with Gasteiger partial charge in [-0.2, -0.15) is 13.2 Å². The number of rotatable bonds is 6. The molecular weight excluding hydrogens is 291 g/mol. The Labute approximate surface area is 118 Å². The first-order valence-corrected chi connectivity index (χ1v) is 5.95. The van der Waals surface area contributed by atoms with Crippen LogP contribution in [0.2, 0.25) is 0 Å². The van der Waals surface area contributed by atoms with Crippen LogP contribution in [-0.2, 0) is 15.7 Å². The van der Waals surface area contributed by atoms with Crippen molar-refractivity contribution in [3.05, 3.63) is 35.4 Å². The highest BCUT2D eigenvalue weighted by molar-refractivity contribution is 5.96. The van der Waals surface area contributed by atoms with E-state index in [4.69, 9.17) is 9.84 Å². The topological polar surface area (TPSA) is 75.6 Å². The molecule has 0 heterocycles. The fourth-order valence-corrected chi connectivity index (χ4v) is 1.57. The number of alkyl halides is 3. The number of halogens is 3. The second-order valence-electron chi connectivity index (χ2n) is 4.22. The number of nitrogens with one attached hydrogen (secondary N) is 1. The number of aliphatic carboxylic acids is 1. The van der Waals surface area contributed by atoms with Crippen LogP contribution in [0.15, 0.2) is 24.3 Å². The summed E-state index contributed by atoms with van der Waals surface area (Å²) in [4.78, 5) is 22.8. The highest BCUT2D eigenvalue weighted by Gasteiger charge is 2.31. The summed E-state index contributed by atoms with van der Waals surface area (Å²) in [5, 5.41) is 11.1. The smallest absolute Gasteiger partial charge is 0.416 e. The summed E-state index contributed by atoms with van der Waals surface area (Å²) in [6.07, 6.45) is -4.56. The van der Waals surface area contributed by atoms with Gasteiger partial charge in [0.15, 0.2) is 0 Å². The number of amides is 1. The Kier molecular flexibility index (Phi) is 5.71. The van der Waals surface area contributed by atoms with Crippen LogP contribution in [-0.4, -0.2) is 36.7 Å². The molecule has 1 unspecified atom stereocenters. The summed E-state index contributed by atoms with van der Waals surface area (Å²) in [6.45, 7) is 0.0971. The monoisotopic (exact) mass is 305 g/mol. The highest BCUT2D eigenvalue weighted by atomic mass is 19.4. The Morgan fingerprint density at radius 1 is 1.38 bits per heavy atom. The van der Waals surface area contributed by atoms with Crippen molar-refractivity contribution in [2.75, 3.05) is 13.7 Å². The molecule has 1 amide bonds. The summed E-state index contributed by atoms with van der Waals surface area (Å²) in [5.41, 5.74) is -1.23. The molecule has 0 fully saturated rings. The van der Waals surface area contributed by atoms with Crippen molar-refractivity contribution in [2.45, 2.75) is 18.6 Å². The molecule has 0 aromatic heterocycles. The second kappa shape index (κ2) is 7.07. The van der Waals surface area contributed by atoms with Crippen LogP contribution < -0.4 is 5.32 Å². The first kappa shape index (κ1) is 17.0. The number of carboxylic acid groups (broad SMARTS) is 1. The van der Waals surface area contributed by atoms with Gasteiger partial charge in [-0.25, -0.2) is 4.79 Å². The summed E-state index contributed by atoms with van der Waals surface area (Å²) < 4.78 is 42.3. The van der Waals surface area contributed by atoms with Crippen LogP contribution >= 0.6 is 0 Å². The molecule has 0 saturated carbocycles. The lowest BCUT2D eigenvalue weighted by molar-refractivity contribution is -0.140. The van der Waals surface area contributed by atoms with Crippen molar-refractivity contribution in [3.63, 3.8) is 0 Å². The minimum atomic E-state index is -4.57. The number of benzene rings is 1. The number of carbonyl (C=O) groups excluding carboxylic acids is 1. The van der Waals surface area contributed by atoms with Gasteiger partial charge in [0.1, 0.15) is 6.04 Å². The van der Waals surface area contributed by atoms with Crippen molar-refractivity contribution in [1.82, 2.24) is 5.32 Å². The Morgan fingerprint density at radius 3 is 2.57 bits per heavy atom. The molecule has 116 valence electrons. The molecule has 0 bridgehead atoms. The number of carbonyl (C=O) groups is 2. The van der Waals surface area contributed by atoms with Gasteiger partial charge in [0.2, 0.25) is 0 Å². The molecule has 21 heavy (non-hydrogen) atoms. The average molecular weight is 305 g/mol. The van der Waals surface area contributed by atoms with Crippen LogP contribution in [0.25, 0.3) is 0 Å². The van der Waals surface area contributed by atoms with Crippen LogP contribution in [0.5, 0.6) is 0 Å². The van der Waals surface area contributed by atoms with Gasteiger partial charge in [0.05, 0.1) is 5.56 Å². The molecule has 0 spiro atoms. The van der Waals surface area contributed by atoms with E-state index in [1.807, 2.05) is 0 Å². The quantitative estimate of drug-likeness (QED) is 0.842. The fraction of sp³-hybridized carbons (Fsp3) is 0.385. The molecule has 0 radical (unpaired) electrons. The third kappa shape index (κ3) is 5.07. The van der Waals surface area contributed by atoms with Crippen molar-refractivity contribution in [3.8, 4) is 0 Å². The maximum absolute atomic E-state index is 12.5. The van der Waals surface area contributed by atoms with E-state index in [1.165, 1.54) is 13.2 Å². The van der Waals surface area contributed by atoms with Gasteiger partial charge in [-0.15, -0.1) is 0 Å². The summed E-state index contributed by atoms with van der Waals surface area (Å²) in [5.74, 6) is -2.17. The minimum Gasteiger partial charge on any atom is -0.480 e. The van der Waals surface area contributed by atoms with Crippen molar-refractivity contribution in [1.29, 1.82) is 0 Å². The molecule has 1 rings (SSSR count). The van der Waals surface area contributed by atoms with Crippen LogP contribution in [0.3, 0.4) is 0 Å². The van der Waals surface area contributed by atoms with Crippen LogP contribution in [0.4, 0.5) is 13.2 Å². The van der Waals surface area contributed by atoms with Crippen molar-refractivity contribution in [2.24, 2.45) is 0 Å². The zero-order chi connectivity index (χ0) is 16.0. The standard InChI is InChI=1S/C13H14F3NO4/c1-21-6-5-10(12(19)20)17-11(18)8-3-2-4-9(7-8)13(14,15)16/h2-4,7,10H,5-6H2,1H3,(H,17,18)(H,19,20). The van der Waals surface area contributed by atoms with E-state index in [-0.39, 0.29) is 18.6 Å². The van der Waals surface area contributed by atoms with Gasteiger partial charge in [-0.1, -0.05) is 6.07 Å². The molecule has 0 saturated heterocycles. The number of hydrogen-bond donors (Lipinski definition) is 2. The molecule has 0 aliphatic rings. The van der Waals surface area contributed by atoms with Gasteiger partial charge in [-0.3, -0.25) is 4.79 Å². The van der Waals surface area contributed by atoms with E-state index in [9.17, 15) is 22.8 Å². The van der Waals surface area contributed by atoms with E-state index in [1.54, 1.807) is 0 Å². The van der Waals surface area contributed by atoms with Gasteiger partial charge in [0.25, 0.3) is 5.91 Å². The number of methoxy groups -OCH3 is 1. The van der Waals surface area contributed by atoms with E-state index < -0.39 is 29.7 Å². The van der Waals surface area contributed by atoms with Gasteiger partial charge >= 0.3 is 12.1 Å². The molecule has 0 aliphatic heterocycles. The molecule has 2 N–H and O–H groups in total. The number of hydrogen-bond acceptors (Lipinski definition) is 3. The Morgan fingerprint density at radius 2 is 2.05 bits per heavy atom. The van der Waals surface area contributed by atoms with Gasteiger partial charge in [-0.05, 0) is 18.2 Å². The Balaban J connectivity index is 2.85. The molecule has 8 heteroatoms. The minimum absolute atomic E-state index is 0.0105. The molecule has 1 aromatic rings. The third-order valence-electron chi connectivity index (χ3n) is 2.67. The zero-order valence-corrected chi connectivity index (χ0v) is 11.1. The largest absolute Gasteiger partial charge is 0.480 e. The lowest BCUT2D eigenvalue weighted by Gasteiger charge is -2.14. The predicted molar refractivity (Wildman–Crippen MR) is 66.8 cm³/mol. The Hall–Kier alpha value is -2.09. The van der Waals surface area contributed by atoms with E-state index >= 15 is 0 Å². The van der Waals surface area contributed by atoms with Crippen molar-refractivity contribution < 1.29 is 32.6 Å². The first-order valence-electron chi connectivity index (χ1n) is 5.95. The normalized spacial score (nSPS) is 12.8. The third-order valence-corrected chi connectivity index (χ3v) is 2.67. The molecule has 0 aliphatic carbocycles. The average Bonchev–Trinajstić information content (AvgIpc) is 2.42. The lowest BCUT2D eigenvalue weighted by atomic mass is 10.1. The Bertz CT molecular complexity index is 516. The second-order valence-corrected chi connectivity index (χ2v) is 4.22. The molecule has 1 atom stereocenters. The first-order chi connectivity index (χ1) is 9.75. The molecule has 1 aromatic carbocycles. The predicted octanol–water partition coefficient (Wildman–Crippen LogP) is 1.92. The van der Waals surface area contributed by atoms with E-state index in [0.717, 1.165) is 12.1 Å². The fourth-order valence-electron chi connectivity index (χ4n) is 1.57. The SMILES string of the molecule is COCCC(NC(=O)c1cccc(C(F)(F)F)c1)C(=O)O. The lowest BCUT2D eigenvalue weighted by Crippen LogP contribution is -2.41. The molecular formula is C13H14F3NO4. The number of ether oxygens (including phenoxy) is 1. The van der Waals surface area contributed by atoms with Gasteiger partial charge in [0, 0.05) is 25.7 Å². The maximum Gasteiger partial charge on any atom is 0.416 e. The van der Waals surface area contributed by atoms with E-state index in [2.05, 4.69) is 5.32 Å². The summed E-state index contributed by atoms with van der Waals surface area (Å²) >= 11 is 0. The maximum atomic E-state index is 12.5. The zero-order valence-electron chi connectivity index (χ0n) is 11.1. The van der Waals surface area contributed by atoms with Crippen LogP contribution in [0, 0.1) is 0 Å². The van der Waals surface area contributed by atoms with Crippen molar-refractivity contribution >= 4 is 11.9 Å². The van der Waals surface area contributed by atoms with Crippen LogP contribution in [0.1, 0.15) is 22.3 Å².